The summed E-state index contributed by atoms with van der Waals surface area (Å²) in [6.07, 6.45) is 4.23. The quantitative estimate of drug-likeness (QED) is 0.680. The highest BCUT2D eigenvalue weighted by Crippen LogP contribution is 2.71. The minimum absolute atomic E-state index is 0.0484. The third-order valence-corrected chi connectivity index (χ3v) is 9.50. The number of benzene rings is 1. The van der Waals surface area contributed by atoms with Crippen molar-refractivity contribution < 1.29 is 9.90 Å². The maximum atomic E-state index is 13.4. The monoisotopic (exact) mass is 433 g/mol. The van der Waals surface area contributed by atoms with Gasteiger partial charge in [-0.25, -0.2) is 0 Å². The highest BCUT2D eigenvalue weighted by molar-refractivity contribution is 5.92. The van der Waals surface area contributed by atoms with Crippen LogP contribution in [-0.4, -0.2) is 46.1 Å². The lowest BCUT2D eigenvalue weighted by Gasteiger charge is -2.61. The first-order valence-corrected chi connectivity index (χ1v) is 12.0. The minimum Gasteiger partial charge on any atom is -0.508 e. The highest BCUT2D eigenvalue weighted by Gasteiger charge is 2.72. The van der Waals surface area contributed by atoms with E-state index in [9.17, 15) is 14.7 Å². The number of aromatic amines is 1. The summed E-state index contributed by atoms with van der Waals surface area (Å²) < 4.78 is 0. The number of nitrogens with zero attached hydrogens (tertiary/aromatic N) is 1. The second kappa shape index (κ2) is 6.70. The van der Waals surface area contributed by atoms with Crippen LogP contribution < -0.4 is 10.9 Å². The van der Waals surface area contributed by atoms with Crippen LogP contribution in [0.2, 0.25) is 0 Å². The number of H-pyrrole nitrogens is 1. The van der Waals surface area contributed by atoms with Crippen molar-refractivity contribution >= 4 is 5.91 Å². The molecule has 4 aliphatic rings. The lowest BCUT2D eigenvalue weighted by atomic mass is 9.47. The van der Waals surface area contributed by atoms with Gasteiger partial charge in [0.15, 0.2) is 0 Å². The van der Waals surface area contributed by atoms with E-state index < -0.39 is 0 Å². The van der Waals surface area contributed by atoms with Crippen LogP contribution in [0.5, 0.6) is 5.75 Å². The molecule has 2 bridgehead atoms. The van der Waals surface area contributed by atoms with E-state index in [0.29, 0.717) is 29.3 Å². The molecule has 32 heavy (non-hydrogen) atoms. The molecular weight excluding hydrogens is 402 g/mol. The molecular formula is C26H31N3O3. The van der Waals surface area contributed by atoms with Gasteiger partial charge in [0.1, 0.15) is 11.4 Å². The maximum Gasteiger partial charge on any atom is 0.270 e. The summed E-state index contributed by atoms with van der Waals surface area (Å²) >= 11 is 0. The molecule has 0 spiro atoms. The molecule has 6 atom stereocenters. The number of aromatic nitrogens is 1. The number of pyridine rings is 1. The molecule has 3 fully saturated rings. The first kappa shape index (κ1) is 20.0. The number of hydrogen-bond acceptors (Lipinski definition) is 4. The molecule has 6 heteroatoms. The summed E-state index contributed by atoms with van der Waals surface area (Å²) in [5, 5.41) is 14.3. The second-order valence-corrected chi connectivity index (χ2v) is 10.4. The number of carbonyl (C=O) groups excluding carboxylic acids is 1. The van der Waals surface area contributed by atoms with Gasteiger partial charge in [-0.3, -0.25) is 9.59 Å². The van der Waals surface area contributed by atoms with Crippen molar-refractivity contribution in [3.63, 3.8) is 0 Å². The molecule has 1 aromatic heterocycles. The van der Waals surface area contributed by atoms with E-state index in [1.165, 1.54) is 17.2 Å². The molecule has 1 amide bonds. The number of fused-ring (bicyclic) bond motifs is 2. The Morgan fingerprint density at radius 2 is 2.12 bits per heavy atom. The van der Waals surface area contributed by atoms with Crippen LogP contribution in [0.3, 0.4) is 0 Å². The number of phenolic OH excluding ortho intramolecular Hbond substituents is 1. The van der Waals surface area contributed by atoms with E-state index in [1.807, 2.05) is 17.0 Å². The van der Waals surface area contributed by atoms with E-state index in [4.69, 9.17) is 0 Å². The minimum atomic E-state index is -0.246. The van der Waals surface area contributed by atoms with Crippen LogP contribution in [0.25, 0.3) is 0 Å². The van der Waals surface area contributed by atoms with Gasteiger partial charge in [-0.15, -0.1) is 0 Å². The zero-order valence-electron chi connectivity index (χ0n) is 18.7. The number of likely N-dealkylation sites (tertiary alicyclic amines) is 1. The van der Waals surface area contributed by atoms with Gasteiger partial charge in [0.05, 0.1) is 0 Å². The number of amides is 1. The SMILES string of the molecule is CCC12C[C@@H]3CN(C(=O)c4cccc(=O)[nH]4)C(C)C3C13CCNC2Cc1ccc(O)cc13. The van der Waals surface area contributed by atoms with Crippen molar-refractivity contribution in [3.8, 4) is 5.75 Å². The van der Waals surface area contributed by atoms with Crippen LogP contribution in [0.1, 0.15) is 54.7 Å². The second-order valence-electron chi connectivity index (χ2n) is 10.4. The molecule has 3 N–H and O–H groups in total. The van der Waals surface area contributed by atoms with E-state index in [1.54, 1.807) is 12.1 Å². The smallest absolute Gasteiger partial charge is 0.270 e. The van der Waals surface area contributed by atoms with Crippen molar-refractivity contribution in [2.45, 2.75) is 57.0 Å². The number of rotatable bonds is 2. The van der Waals surface area contributed by atoms with E-state index in [-0.39, 0.29) is 28.3 Å². The van der Waals surface area contributed by atoms with Crippen molar-refractivity contribution in [2.24, 2.45) is 17.3 Å². The van der Waals surface area contributed by atoms with Gasteiger partial charge < -0.3 is 20.3 Å². The molecule has 6 nitrogen and oxygen atoms in total. The molecule has 6 rings (SSSR count). The molecule has 2 saturated heterocycles. The van der Waals surface area contributed by atoms with Crippen molar-refractivity contribution in [2.75, 3.05) is 13.1 Å². The normalized spacial score (nSPS) is 37.0. The van der Waals surface area contributed by atoms with Crippen LogP contribution in [0.15, 0.2) is 41.2 Å². The summed E-state index contributed by atoms with van der Waals surface area (Å²) in [4.78, 5) is 29.9. The number of aromatic hydroxyl groups is 1. The molecule has 0 radical (unpaired) electrons. The number of piperidine rings is 1. The molecule has 2 aliphatic carbocycles. The first-order valence-electron chi connectivity index (χ1n) is 12.0. The Hall–Kier alpha value is -2.60. The fraction of sp³-hybridized carbons (Fsp3) is 0.538. The lowest BCUT2D eigenvalue weighted by Crippen LogP contribution is -2.66. The number of carbonyl (C=O) groups is 1. The standard InChI is InChI=1S/C26H31N3O3/c1-3-25-13-17-14-29(24(32)20-5-4-6-22(31)28-20)15(2)23(17)26(25)9-10-27-21(25)11-16-7-8-18(30)12-19(16)26/h4-8,12,15,17,21,23,27,30H,3,9-11,13-14H2,1-2H3,(H,28,31)/t15?,17-,21?,23?,25?,26?/m1/s1. The van der Waals surface area contributed by atoms with Crippen LogP contribution in [0.4, 0.5) is 0 Å². The Labute approximate surface area is 188 Å². The highest BCUT2D eigenvalue weighted by atomic mass is 16.3. The number of hydrogen-bond donors (Lipinski definition) is 3. The Morgan fingerprint density at radius 1 is 1.28 bits per heavy atom. The molecule has 168 valence electrons. The van der Waals surface area contributed by atoms with Crippen LogP contribution in [0, 0.1) is 17.3 Å². The number of phenols is 1. The van der Waals surface area contributed by atoms with Crippen molar-refractivity contribution in [3.05, 3.63) is 63.6 Å². The predicted octanol–water partition coefficient (Wildman–Crippen LogP) is 2.81. The topological polar surface area (TPSA) is 85.4 Å². The van der Waals surface area contributed by atoms with E-state index in [0.717, 1.165) is 38.8 Å². The number of nitrogens with one attached hydrogen (secondary N) is 2. The van der Waals surface area contributed by atoms with Gasteiger partial charge in [-0.2, -0.15) is 0 Å². The zero-order valence-corrected chi connectivity index (χ0v) is 18.7. The van der Waals surface area contributed by atoms with E-state index in [2.05, 4.69) is 30.2 Å². The summed E-state index contributed by atoms with van der Waals surface area (Å²) in [7, 11) is 0. The molecule has 1 aromatic carbocycles. The summed E-state index contributed by atoms with van der Waals surface area (Å²) in [5.41, 5.74) is 2.88. The average molecular weight is 434 g/mol. The Morgan fingerprint density at radius 3 is 2.91 bits per heavy atom. The first-order chi connectivity index (χ1) is 15.4. The third kappa shape index (κ3) is 2.34. The van der Waals surface area contributed by atoms with Gasteiger partial charge in [-0.1, -0.05) is 19.1 Å². The Kier molecular flexibility index (Phi) is 4.20. The fourth-order valence-electron chi connectivity index (χ4n) is 8.54. The van der Waals surface area contributed by atoms with Gasteiger partial charge >= 0.3 is 0 Å². The predicted molar refractivity (Wildman–Crippen MR) is 122 cm³/mol. The zero-order chi connectivity index (χ0) is 22.3. The summed E-state index contributed by atoms with van der Waals surface area (Å²) in [5.74, 6) is 1.01. The molecule has 3 heterocycles. The maximum absolute atomic E-state index is 13.4. The fourth-order valence-corrected chi connectivity index (χ4v) is 8.54. The molecule has 2 aromatic rings. The summed E-state index contributed by atoms with van der Waals surface area (Å²) in [6.45, 7) is 6.22. The molecule has 2 aliphatic heterocycles. The average Bonchev–Trinajstić information content (AvgIpc) is 3.27. The van der Waals surface area contributed by atoms with Gasteiger partial charge in [0, 0.05) is 30.1 Å². The Bertz CT molecular complexity index is 1160. The van der Waals surface area contributed by atoms with Gasteiger partial charge in [0.25, 0.3) is 5.91 Å². The summed E-state index contributed by atoms with van der Waals surface area (Å²) in [6, 6.07) is 11.2. The molecule has 1 saturated carbocycles. The Balaban J connectivity index is 1.48. The third-order valence-electron chi connectivity index (χ3n) is 9.50. The van der Waals surface area contributed by atoms with Crippen LogP contribution >= 0.6 is 0 Å². The van der Waals surface area contributed by atoms with Gasteiger partial charge in [0.2, 0.25) is 5.56 Å². The van der Waals surface area contributed by atoms with Crippen molar-refractivity contribution in [1.29, 1.82) is 0 Å². The lowest BCUT2D eigenvalue weighted by molar-refractivity contribution is -0.00435. The molecule has 5 unspecified atom stereocenters. The van der Waals surface area contributed by atoms with Crippen molar-refractivity contribution in [1.82, 2.24) is 15.2 Å². The van der Waals surface area contributed by atoms with E-state index >= 15 is 0 Å². The largest absolute Gasteiger partial charge is 0.508 e. The van der Waals surface area contributed by atoms with Gasteiger partial charge in [-0.05, 0) is 85.7 Å². The van der Waals surface area contributed by atoms with Crippen LogP contribution in [-0.2, 0) is 11.8 Å².